The molecular weight excluding hydrogens is 158 g/mol. The summed E-state index contributed by atoms with van der Waals surface area (Å²) < 4.78 is 0. The SMILES string of the molecule is CNCCC=Cc1cccc(C)c1. The number of nitrogens with one attached hydrogen (secondary N) is 1. The molecule has 0 bridgehead atoms. The Labute approximate surface area is 80.5 Å². The summed E-state index contributed by atoms with van der Waals surface area (Å²) in [6.45, 7) is 3.16. The highest BCUT2D eigenvalue weighted by atomic mass is 14.8. The Bertz CT molecular complexity index is 276. The molecule has 0 heterocycles. The summed E-state index contributed by atoms with van der Waals surface area (Å²) in [4.78, 5) is 0. The van der Waals surface area contributed by atoms with Gasteiger partial charge in [0, 0.05) is 0 Å². The fourth-order valence-corrected chi connectivity index (χ4v) is 1.22. The summed E-state index contributed by atoms with van der Waals surface area (Å²) in [5.74, 6) is 0. The van der Waals surface area contributed by atoms with Crippen LogP contribution in [0.15, 0.2) is 30.3 Å². The van der Waals surface area contributed by atoms with Gasteiger partial charge < -0.3 is 5.32 Å². The molecule has 1 aromatic carbocycles. The lowest BCUT2D eigenvalue weighted by Crippen LogP contribution is -2.05. The second-order valence-corrected chi connectivity index (χ2v) is 3.21. The van der Waals surface area contributed by atoms with Crippen molar-refractivity contribution >= 4 is 6.08 Å². The first-order valence-corrected chi connectivity index (χ1v) is 4.71. The summed E-state index contributed by atoms with van der Waals surface area (Å²) in [5, 5.41) is 3.11. The van der Waals surface area contributed by atoms with Gasteiger partial charge in [-0.3, -0.25) is 0 Å². The lowest BCUT2D eigenvalue weighted by molar-refractivity contribution is 0.809. The van der Waals surface area contributed by atoms with Crippen LogP contribution in [0.2, 0.25) is 0 Å². The van der Waals surface area contributed by atoms with E-state index in [2.05, 4.69) is 48.7 Å². The third kappa shape index (κ3) is 3.90. The van der Waals surface area contributed by atoms with Crippen LogP contribution in [-0.2, 0) is 0 Å². The molecule has 1 rings (SSSR count). The van der Waals surface area contributed by atoms with Crippen LogP contribution in [0.25, 0.3) is 6.08 Å². The maximum Gasteiger partial charge on any atom is -0.00172 e. The van der Waals surface area contributed by atoms with Gasteiger partial charge in [-0.25, -0.2) is 0 Å². The molecule has 0 atom stereocenters. The lowest BCUT2D eigenvalue weighted by Gasteiger charge is -1.95. The highest BCUT2D eigenvalue weighted by molar-refractivity contribution is 5.49. The van der Waals surface area contributed by atoms with Gasteiger partial charge in [-0.15, -0.1) is 0 Å². The summed E-state index contributed by atoms with van der Waals surface area (Å²) >= 11 is 0. The highest BCUT2D eigenvalue weighted by Crippen LogP contribution is 2.05. The van der Waals surface area contributed by atoms with Crippen LogP contribution in [0.5, 0.6) is 0 Å². The maximum absolute atomic E-state index is 3.11. The minimum atomic E-state index is 1.04. The van der Waals surface area contributed by atoms with Crippen LogP contribution in [0, 0.1) is 6.92 Å². The molecule has 0 spiro atoms. The van der Waals surface area contributed by atoms with Gasteiger partial charge in [-0.05, 0) is 32.5 Å². The van der Waals surface area contributed by atoms with Crippen LogP contribution in [-0.4, -0.2) is 13.6 Å². The van der Waals surface area contributed by atoms with Gasteiger partial charge >= 0.3 is 0 Å². The first-order chi connectivity index (χ1) is 6.33. The Morgan fingerprint density at radius 2 is 2.23 bits per heavy atom. The zero-order chi connectivity index (χ0) is 9.52. The molecule has 1 heteroatoms. The molecule has 13 heavy (non-hydrogen) atoms. The van der Waals surface area contributed by atoms with Crippen LogP contribution in [0.1, 0.15) is 17.5 Å². The fraction of sp³-hybridized carbons (Fsp3) is 0.333. The van der Waals surface area contributed by atoms with E-state index in [-0.39, 0.29) is 0 Å². The van der Waals surface area contributed by atoms with Crippen molar-refractivity contribution in [3.63, 3.8) is 0 Å². The van der Waals surface area contributed by atoms with Gasteiger partial charge in [0.1, 0.15) is 0 Å². The Hall–Kier alpha value is -1.08. The third-order valence-corrected chi connectivity index (χ3v) is 1.91. The molecule has 0 aliphatic rings. The predicted molar refractivity (Wildman–Crippen MR) is 58.8 cm³/mol. The largest absolute Gasteiger partial charge is 0.319 e. The highest BCUT2D eigenvalue weighted by Gasteiger charge is 1.86. The Morgan fingerprint density at radius 3 is 2.92 bits per heavy atom. The van der Waals surface area contributed by atoms with Crippen molar-refractivity contribution in [3.8, 4) is 0 Å². The second kappa shape index (κ2) is 5.55. The Balaban J connectivity index is 2.48. The molecule has 0 fully saturated rings. The molecule has 1 N–H and O–H groups in total. The number of hydrogen-bond acceptors (Lipinski definition) is 1. The summed E-state index contributed by atoms with van der Waals surface area (Å²) in [7, 11) is 1.97. The molecule has 0 amide bonds. The van der Waals surface area contributed by atoms with E-state index in [9.17, 15) is 0 Å². The Kier molecular flexibility index (Phi) is 4.27. The average Bonchev–Trinajstić information content (AvgIpc) is 2.13. The molecule has 0 saturated heterocycles. The molecule has 70 valence electrons. The van der Waals surface area contributed by atoms with Gasteiger partial charge in [0.25, 0.3) is 0 Å². The van der Waals surface area contributed by atoms with E-state index in [1.54, 1.807) is 0 Å². The zero-order valence-corrected chi connectivity index (χ0v) is 8.38. The van der Waals surface area contributed by atoms with Gasteiger partial charge in [0.05, 0.1) is 0 Å². The standard InChI is InChI=1S/C12H17N/c1-11-6-5-8-12(10-11)7-3-4-9-13-2/h3,5-8,10,13H,4,9H2,1-2H3. The molecule has 1 aromatic rings. The van der Waals surface area contributed by atoms with Crippen molar-refractivity contribution in [2.24, 2.45) is 0 Å². The topological polar surface area (TPSA) is 12.0 Å². The average molecular weight is 175 g/mol. The van der Waals surface area contributed by atoms with E-state index < -0.39 is 0 Å². The number of benzene rings is 1. The van der Waals surface area contributed by atoms with E-state index in [0.717, 1.165) is 13.0 Å². The van der Waals surface area contributed by atoms with Crippen LogP contribution >= 0.6 is 0 Å². The normalized spacial score (nSPS) is 10.9. The Morgan fingerprint density at radius 1 is 1.38 bits per heavy atom. The molecule has 0 aromatic heterocycles. The quantitative estimate of drug-likeness (QED) is 0.694. The van der Waals surface area contributed by atoms with E-state index >= 15 is 0 Å². The molecule has 0 aliphatic heterocycles. The van der Waals surface area contributed by atoms with Crippen molar-refractivity contribution in [3.05, 3.63) is 41.5 Å². The van der Waals surface area contributed by atoms with Gasteiger partial charge in [-0.2, -0.15) is 0 Å². The predicted octanol–water partition coefficient (Wildman–Crippen LogP) is 2.62. The van der Waals surface area contributed by atoms with Crippen molar-refractivity contribution in [2.75, 3.05) is 13.6 Å². The zero-order valence-electron chi connectivity index (χ0n) is 8.38. The molecule has 0 saturated carbocycles. The van der Waals surface area contributed by atoms with Crippen LogP contribution < -0.4 is 5.32 Å². The van der Waals surface area contributed by atoms with Crippen molar-refractivity contribution in [2.45, 2.75) is 13.3 Å². The van der Waals surface area contributed by atoms with Crippen LogP contribution in [0.3, 0.4) is 0 Å². The minimum Gasteiger partial charge on any atom is -0.319 e. The van der Waals surface area contributed by atoms with Crippen LogP contribution in [0.4, 0.5) is 0 Å². The monoisotopic (exact) mass is 175 g/mol. The van der Waals surface area contributed by atoms with E-state index in [4.69, 9.17) is 0 Å². The molecule has 1 nitrogen and oxygen atoms in total. The maximum atomic E-state index is 3.11. The van der Waals surface area contributed by atoms with Crippen molar-refractivity contribution in [1.29, 1.82) is 0 Å². The number of aryl methyl sites for hydroxylation is 1. The molecule has 0 aliphatic carbocycles. The number of rotatable bonds is 4. The first kappa shape index (κ1) is 10.0. The molecule has 0 unspecified atom stereocenters. The van der Waals surface area contributed by atoms with Crippen molar-refractivity contribution < 1.29 is 0 Å². The van der Waals surface area contributed by atoms with Gasteiger partial charge in [-0.1, -0.05) is 42.0 Å². The second-order valence-electron chi connectivity index (χ2n) is 3.21. The summed E-state index contributed by atoms with van der Waals surface area (Å²) in [6.07, 6.45) is 5.46. The smallest absolute Gasteiger partial charge is 0.00172 e. The van der Waals surface area contributed by atoms with E-state index in [1.165, 1.54) is 11.1 Å². The third-order valence-electron chi connectivity index (χ3n) is 1.91. The fourth-order valence-electron chi connectivity index (χ4n) is 1.22. The number of hydrogen-bond donors (Lipinski definition) is 1. The summed E-state index contributed by atoms with van der Waals surface area (Å²) in [6, 6.07) is 8.52. The van der Waals surface area contributed by atoms with E-state index in [0.29, 0.717) is 0 Å². The van der Waals surface area contributed by atoms with Crippen molar-refractivity contribution in [1.82, 2.24) is 5.32 Å². The lowest BCUT2D eigenvalue weighted by atomic mass is 10.1. The van der Waals surface area contributed by atoms with E-state index in [1.807, 2.05) is 7.05 Å². The molecule has 0 radical (unpaired) electrons. The van der Waals surface area contributed by atoms with Gasteiger partial charge in [0.15, 0.2) is 0 Å². The minimum absolute atomic E-state index is 1.04. The summed E-state index contributed by atoms with van der Waals surface area (Å²) in [5.41, 5.74) is 2.60. The molecular formula is C12H17N. The van der Waals surface area contributed by atoms with Gasteiger partial charge in [0.2, 0.25) is 0 Å². The first-order valence-electron chi connectivity index (χ1n) is 4.71.